The normalized spacial score (nSPS) is 9.33. The van der Waals surface area contributed by atoms with Crippen molar-refractivity contribution in [3.05, 3.63) is 0 Å². The molecule has 0 aliphatic carbocycles. The minimum atomic E-state index is -1.81. The van der Waals surface area contributed by atoms with Gasteiger partial charge < -0.3 is 39.6 Å². The van der Waals surface area contributed by atoms with Gasteiger partial charge in [-0.25, -0.2) is 0 Å². The topological polar surface area (TPSA) is 161 Å². The molecule has 0 aromatic carbocycles. The molecule has 0 radical (unpaired) electrons. The number of carbonyl (C=O) groups excluding carboxylic acids is 4. The van der Waals surface area contributed by atoms with E-state index in [1.54, 1.807) is 0 Å². The molecule has 0 aromatic heterocycles. The van der Waals surface area contributed by atoms with Gasteiger partial charge in [0.2, 0.25) is 0 Å². The second-order valence-corrected chi connectivity index (χ2v) is 4.02. The first kappa shape index (κ1) is 30.1. The van der Waals surface area contributed by atoms with Crippen molar-refractivity contribution in [3.63, 3.8) is 0 Å². The van der Waals surface area contributed by atoms with Gasteiger partial charge in [-0.2, -0.15) is 0 Å². The number of carboxylic acid groups (broad SMARTS) is 4. The van der Waals surface area contributed by atoms with Crippen LogP contribution in [0.4, 0.5) is 0 Å². The van der Waals surface area contributed by atoms with E-state index in [0.717, 1.165) is 0 Å². The van der Waals surface area contributed by atoms with Gasteiger partial charge in [-0.3, -0.25) is 0 Å². The first-order valence-corrected chi connectivity index (χ1v) is 4.96. The molecule has 8 nitrogen and oxygen atoms in total. The Kier molecular flexibility index (Phi) is 21.1. The van der Waals surface area contributed by atoms with Crippen LogP contribution in [-0.4, -0.2) is 61.6 Å². The van der Waals surface area contributed by atoms with E-state index < -0.39 is 61.4 Å². The SMILES string of the molecule is O=C([O-])CCC(CC(=O)[O-])(CC(=O)[O-])CC(=O)[O-].[Ca+2].[Na+].[Na+]. The third-order valence-electron chi connectivity index (χ3n) is 2.42. The molecule has 102 valence electrons. The molecule has 0 unspecified atom stereocenters. The van der Waals surface area contributed by atoms with Crippen molar-refractivity contribution in [2.24, 2.45) is 5.41 Å². The third kappa shape index (κ3) is 15.8. The molecule has 0 heterocycles. The number of rotatable bonds is 9. The zero-order valence-corrected chi connectivity index (χ0v) is 18.2. The van der Waals surface area contributed by atoms with Crippen molar-refractivity contribution in [2.45, 2.75) is 32.1 Å². The molecule has 0 amide bonds. The number of hydrogen-bond acceptors (Lipinski definition) is 8. The maximum Gasteiger partial charge on any atom is 2.00 e. The first-order chi connectivity index (χ1) is 8.17. The quantitative estimate of drug-likeness (QED) is 0.372. The second kappa shape index (κ2) is 14.7. The standard InChI is InChI=1S/C10H14O8.Ca.2Na/c11-6(12)1-2-10(3-7(13)14,4-8(15)16)5-9(17)18;;;/h1-5H2,(H,11,12)(H,13,14)(H,15,16)(H,17,18);;;/q;+2;2*+1/p-4. The molecule has 0 spiro atoms. The fourth-order valence-corrected chi connectivity index (χ4v) is 1.74. The Balaban J connectivity index is -0.000000482. The minimum Gasteiger partial charge on any atom is -0.550 e. The summed E-state index contributed by atoms with van der Waals surface area (Å²) < 4.78 is 0. The van der Waals surface area contributed by atoms with E-state index in [9.17, 15) is 39.6 Å². The first-order valence-electron chi connectivity index (χ1n) is 4.96. The van der Waals surface area contributed by atoms with Gasteiger partial charge in [0, 0.05) is 23.9 Å². The molecule has 0 N–H and O–H groups in total. The van der Waals surface area contributed by atoms with Crippen molar-refractivity contribution in [2.75, 3.05) is 0 Å². The van der Waals surface area contributed by atoms with E-state index in [1.165, 1.54) is 0 Å². The summed E-state index contributed by atoms with van der Waals surface area (Å²) in [6.07, 6.45) is -3.91. The van der Waals surface area contributed by atoms with Gasteiger partial charge in [0.25, 0.3) is 0 Å². The van der Waals surface area contributed by atoms with Gasteiger partial charge in [0.15, 0.2) is 0 Å². The second-order valence-electron chi connectivity index (χ2n) is 4.02. The summed E-state index contributed by atoms with van der Waals surface area (Å²) in [4.78, 5) is 41.9. The van der Waals surface area contributed by atoms with Crippen molar-refractivity contribution < 1.29 is 98.7 Å². The monoisotopic (exact) mass is 344 g/mol. The molecular weight excluding hydrogens is 334 g/mol. The van der Waals surface area contributed by atoms with Crippen molar-refractivity contribution in [3.8, 4) is 0 Å². The van der Waals surface area contributed by atoms with Crippen LogP contribution in [-0.2, 0) is 19.2 Å². The van der Waals surface area contributed by atoms with Crippen molar-refractivity contribution in [1.29, 1.82) is 0 Å². The summed E-state index contributed by atoms with van der Waals surface area (Å²) in [5, 5.41) is 41.9. The van der Waals surface area contributed by atoms with Crippen LogP contribution in [0.3, 0.4) is 0 Å². The van der Waals surface area contributed by atoms with Crippen LogP contribution in [0.15, 0.2) is 0 Å². The smallest absolute Gasteiger partial charge is 0.550 e. The van der Waals surface area contributed by atoms with Gasteiger partial charge in [0.05, 0.1) is 0 Å². The molecule has 0 aliphatic heterocycles. The minimum absolute atomic E-state index is 0. The van der Waals surface area contributed by atoms with E-state index >= 15 is 0 Å². The largest absolute Gasteiger partial charge is 2.00 e. The van der Waals surface area contributed by atoms with E-state index in [2.05, 4.69) is 0 Å². The van der Waals surface area contributed by atoms with Crippen LogP contribution in [0.1, 0.15) is 32.1 Å². The average Bonchev–Trinajstić information content (AvgIpc) is 2.11. The Labute approximate surface area is 195 Å². The summed E-state index contributed by atoms with van der Waals surface area (Å²) in [7, 11) is 0. The molecule has 0 saturated heterocycles. The number of carbonyl (C=O) groups is 4. The van der Waals surface area contributed by atoms with E-state index in [0.29, 0.717) is 0 Å². The van der Waals surface area contributed by atoms with Crippen LogP contribution in [0.25, 0.3) is 0 Å². The predicted octanol–water partition coefficient (Wildman–Crippen LogP) is -11.4. The van der Waals surface area contributed by atoms with Crippen molar-refractivity contribution in [1.82, 2.24) is 0 Å². The molecule has 0 saturated carbocycles. The van der Waals surface area contributed by atoms with E-state index in [1.807, 2.05) is 0 Å². The van der Waals surface area contributed by atoms with E-state index in [-0.39, 0.29) is 96.9 Å². The van der Waals surface area contributed by atoms with Gasteiger partial charge in [0.1, 0.15) is 0 Å². The fourth-order valence-electron chi connectivity index (χ4n) is 1.74. The molecule has 0 rings (SSSR count). The molecule has 0 aromatic rings. The predicted molar refractivity (Wildman–Crippen MR) is 51.3 cm³/mol. The molecule has 21 heavy (non-hydrogen) atoms. The zero-order chi connectivity index (χ0) is 14.3. The summed E-state index contributed by atoms with van der Waals surface area (Å²) in [5.41, 5.74) is -1.81. The fraction of sp³-hybridized carbons (Fsp3) is 0.600. The Hall–Kier alpha value is 1.14. The molecule has 0 fully saturated rings. The van der Waals surface area contributed by atoms with Crippen LogP contribution < -0.4 is 79.5 Å². The molecule has 0 aliphatic rings. The van der Waals surface area contributed by atoms with Crippen LogP contribution >= 0.6 is 0 Å². The Morgan fingerprint density at radius 3 is 1.14 bits per heavy atom. The Morgan fingerprint density at radius 2 is 0.952 bits per heavy atom. The maximum absolute atomic E-state index is 10.5. The van der Waals surface area contributed by atoms with Crippen LogP contribution in [0.2, 0.25) is 0 Å². The van der Waals surface area contributed by atoms with Crippen LogP contribution in [0.5, 0.6) is 0 Å². The van der Waals surface area contributed by atoms with Gasteiger partial charge >= 0.3 is 96.9 Å². The molecule has 11 heteroatoms. The van der Waals surface area contributed by atoms with Gasteiger partial charge in [-0.05, 0) is 37.5 Å². The Bertz CT molecular complexity index is 333. The zero-order valence-electron chi connectivity index (χ0n) is 12.0. The van der Waals surface area contributed by atoms with Gasteiger partial charge in [-0.1, -0.05) is 0 Å². The summed E-state index contributed by atoms with van der Waals surface area (Å²) >= 11 is 0. The summed E-state index contributed by atoms with van der Waals surface area (Å²) in [5.74, 6) is -6.60. The maximum atomic E-state index is 10.5. The average molecular weight is 344 g/mol. The molecular formula is C10H10CaNa2O8. The number of hydrogen-bond donors (Lipinski definition) is 0. The van der Waals surface area contributed by atoms with Crippen molar-refractivity contribution >= 4 is 61.6 Å². The molecule has 0 bridgehead atoms. The Morgan fingerprint density at radius 1 is 0.667 bits per heavy atom. The van der Waals surface area contributed by atoms with E-state index in [4.69, 9.17) is 0 Å². The number of carboxylic acids is 4. The van der Waals surface area contributed by atoms with Gasteiger partial charge in [-0.15, -0.1) is 0 Å². The third-order valence-corrected chi connectivity index (χ3v) is 2.42. The van der Waals surface area contributed by atoms with Crippen LogP contribution in [0, 0.1) is 5.41 Å². The number of aliphatic carboxylic acids is 4. The summed E-state index contributed by atoms with van der Waals surface area (Å²) in [6.45, 7) is 0. The molecule has 0 atom stereocenters. The summed E-state index contributed by atoms with van der Waals surface area (Å²) in [6, 6.07) is 0.